The quantitative estimate of drug-likeness (QED) is 0.404. The summed E-state index contributed by atoms with van der Waals surface area (Å²) in [4.78, 5) is 21.0. The van der Waals surface area contributed by atoms with Crippen LogP contribution in [0, 0.1) is 19.8 Å². The zero-order valence-electron chi connectivity index (χ0n) is 21.7. The second-order valence-corrected chi connectivity index (χ2v) is 10.9. The van der Waals surface area contributed by atoms with Crippen LogP contribution < -0.4 is 5.32 Å². The van der Waals surface area contributed by atoms with Crippen molar-refractivity contribution in [2.24, 2.45) is 5.92 Å². The molecule has 2 N–H and O–H groups in total. The van der Waals surface area contributed by atoms with Gasteiger partial charge in [-0.3, -0.25) is 4.79 Å². The Balaban J connectivity index is 1.50. The zero-order chi connectivity index (χ0) is 26.0. The molecule has 1 amide bonds. The third-order valence-electron chi connectivity index (χ3n) is 6.94. The van der Waals surface area contributed by atoms with Gasteiger partial charge in [-0.1, -0.05) is 56.8 Å². The van der Waals surface area contributed by atoms with Gasteiger partial charge in [-0.05, 0) is 37.3 Å². The average molecular weight is 509 g/mol. The molecule has 0 saturated carbocycles. The molecule has 0 spiro atoms. The van der Waals surface area contributed by atoms with Gasteiger partial charge in [-0.15, -0.1) is 11.3 Å². The number of nitrogens with zero attached hydrogens (tertiary/aromatic N) is 3. The van der Waals surface area contributed by atoms with E-state index < -0.39 is 12.0 Å². The number of thiazole rings is 1. The second kappa shape index (κ2) is 11.0. The van der Waals surface area contributed by atoms with Crippen molar-refractivity contribution in [3.05, 3.63) is 70.8 Å². The highest BCUT2D eigenvalue weighted by atomic mass is 32.1. The SMILES string of the molecule is C=C(NC(CC)c1ccc(-c2scnc2C)cc1)[C@@H]1C[C@@H](O)CN1C(=O)[C@@H](c1cc(C)no1)C(C)C. The van der Waals surface area contributed by atoms with Crippen molar-refractivity contribution in [3.63, 3.8) is 0 Å². The van der Waals surface area contributed by atoms with E-state index in [0.717, 1.165) is 34.6 Å². The molecule has 8 heteroatoms. The van der Waals surface area contributed by atoms with Gasteiger partial charge in [0, 0.05) is 24.7 Å². The van der Waals surface area contributed by atoms with Gasteiger partial charge < -0.3 is 19.8 Å². The summed E-state index contributed by atoms with van der Waals surface area (Å²) in [7, 11) is 0. The van der Waals surface area contributed by atoms with E-state index in [4.69, 9.17) is 4.52 Å². The lowest BCUT2D eigenvalue weighted by Gasteiger charge is -2.32. The molecule has 1 aliphatic heterocycles. The fraction of sp³-hybridized carbons (Fsp3) is 0.464. The van der Waals surface area contributed by atoms with Crippen LogP contribution in [-0.2, 0) is 4.79 Å². The summed E-state index contributed by atoms with van der Waals surface area (Å²) in [6.07, 6.45) is 0.717. The average Bonchev–Trinajstić information content (AvgIpc) is 3.57. The Morgan fingerprint density at radius 2 is 2.03 bits per heavy atom. The van der Waals surface area contributed by atoms with Gasteiger partial charge in [-0.25, -0.2) is 4.98 Å². The van der Waals surface area contributed by atoms with Crippen molar-refractivity contribution in [2.45, 2.75) is 71.6 Å². The van der Waals surface area contributed by atoms with E-state index in [1.54, 1.807) is 16.2 Å². The monoisotopic (exact) mass is 508 g/mol. The number of likely N-dealkylation sites (tertiary alicyclic amines) is 1. The van der Waals surface area contributed by atoms with Gasteiger partial charge >= 0.3 is 0 Å². The maximum atomic E-state index is 13.7. The largest absolute Gasteiger partial charge is 0.391 e. The minimum Gasteiger partial charge on any atom is -0.391 e. The Morgan fingerprint density at radius 1 is 1.31 bits per heavy atom. The van der Waals surface area contributed by atoms with Crippen molar-refractivity contribution in [1.82, 2.24) is 20.4 Å². The first-order valence-corrected chi connectivity index (χ1v) is 13.4. The first-order chi connectivity index (χ1) is 17.2. The van der Waals surface area contributed by atoms with Gasteiger partial charge in [0.05, 0.1) is 40.0 Å². The van der Waals surface area contributed by atoms with Crippen LogP contribution in [0.1, 0.15) is 68.3 Å². The minimum absolute atomic E-state index is 0.0218. The van der Waals surface area contributed by atoms with E-state index in [-0.39, 0.29) is 30.5 Å². The van der Waals surface area contributed by atoms with Crippen molar-refractivity contribution in [2.75, 3.05) is 6.54 Å². The Hall–Kier alpha value is -2.97. The highest BCUT2D eigenvalue weighted by molar-refractivity contribution is 7.13. The molecule has 1 saturated heterocycles. The molecule has 4 atom stereocenters. The highest BCUT2D eigenvalue weighted by Gasteiger charge is 2.41. The zero-order valence-corrected chi connectivity index (χ0v) is 22.5. The normalized spacial score (nSPS) is 19.5. The maximum absolute atomic E-state index is 13.7. The molecule has 1 fully saturated rings. The van der Waals surface area contributed by atoms with E-state index in [1.165, 1.54) is 4.88 Å². The number of carbonyl (C=O) groups is 1. The van der Waals surface area contributed by atoms with E-state index in [2.05, 4.69) is 53.2 Å². The summed E-state index contributed by atoms with van der Waals surface area (Å²) in [6.45, 7) is 14.6. The minimum atomic E-state index is -0.594. The number of aryl methyl sites for hydroxylation is 2. The third-order valence-corrected chi connectivity index (χ3v) is 7.92. The molecule has 36 heavy (non-hydrogen) atoms. The van der Waals surface area contributed by atoms with Crippen LogP contribution in [0.3, 0.4) is 0 Å². The van der Waals surface area contributed by atoms with Crippen molar-refractivity contribution in [3.8, 4) is 10.4 Å². The lowest BCUT2D eigenvalue weighted by atomic mass is 9.91. The third kappa shape index (κ3) is 5.39. The van der Waals surface area contributed by atoms with Crippen LogP contribution in [0.2, 0.25) is 0 Å². The topological polar surface area (TPSA) is 91.5 Å². The fourth-order valence-corrected chi connectivity index (χ4v) is 5.83. The number of amides is 1. The molecule has 1 aromatic carbocycles. The molecule has 1 unspecified atom stereocenters. The number of β-amino-alcohol motifs (C(OH)–C–C–N with tert-alkyl or cyclic N) is 1. The maximum Gasteiger partial charge on any atom is 0.234 e. The number of nitrogens with one attached hydrogen (secondary N) is 1. The second-order valence-electron chi connectivity index (χ2n) is 10.0. The van der Waals surface area contributed by atoms with Gasteiger partial charge in [0.2, 0.25) is 5.91 Å². The van der Waals surface area contributed by atoms with Crippen LogP contribution in [-0.4, -0.2) is 44.7 Å². The molecule has 4 rings (SSSR count). The van der Waals surface area contributed by atoms with E-state index >= 15 is 0 Å². The standard InChI is InChI=1S/C28H36N4O3S/c1-7-23(20-8-10-21(11-9-20)27-19(6)29-15-36-27)30-18(5)24-13-22(33)14-32(24)28(34)26(16(2)3)25-12-17(4)31-35-25/h8-12,15-16,22-24,26,30,33H,5,7,13-14H2,1-4,6H3/t22-,23?,24+,26-/m1/s1. The van der Waals surface area contributed by atoms with Crippen molar-refractivity contribution in [1.29, 1.82) is 0 Å². The summed E-state index contributed by atoms with van der Waals surface area (Å²) in [5.41, 5.74) is 6.70. The van der Waals surface area contributed by atoms with E-state index in [1.807, 2.05) is 39.3 Å². The lowest BCUT2D eigenvalue weighted by Crippen LogP contribution is -2.43. The Bertz CT molecular complexity index is 1200. The summed E-state index contributed by atoms with van der Waals surface area (Å²) >= 11 is 1.64. The number of carbonyl (C=O) groups excluding carboxylic acids is 1. The molecule has 3 aromatic rings. The summed E-state index contributed by atoms with van der Waals surface area (Å²) in [6, 6.07) is 10.1. The summed E-state index contributed by atoms with van der Waals surface area (Å²) in [5.74, 6) is 0.0574. The van der Waals surface area contributed by atoms with Crippen LogP contribution in [0.15, 0.2) is 52.6 Å². The molecule has 3 heterocycles. The smallest absolute Gasteiger partial charge is 0.234 e. The summed E-state index contributed by atoms with van der Waals surface area (Å²) < 4.78 is 5.47. The number of rotatable bonds is 9. The molecule has 2 aromatic heterocycles. The number of aliphatic hydroxyl groups is 1. The molecular weight excluding hydrogens is 472 g/mol. The molecule has 192 valence electrons. The molecular formula is C28H36N4O3S. The predicted molar refractivity (Wildman–Crippen MR) is 143 cm³/mol. The van der Waals surface area contributed by atoms with Crippen LogP contribution >= 0.6 is 11.3 Å². The van der Waals surface area contributed by atoms with Gasteiger partial charge in [-0.2, -0.15) is 0 Å². The van der Waals surface area contributed by atoms with E-state index in [9.17, 15) is 9.90 Å². The predicted octanol–water partition coefficient (Wildman–Crippen LogP) is 5.37. The highest BCUT2D eigenvalue weighted by Crippen LogP contribution is 2.34. The fourth-order valence-electron chi connectivity index (χ4n) is 5.02. The van der Waals surface area contributed by atoms with Crippen LogP contribution in [0.4, 0.5) is 0 Å². The molecule has 0 aliphatic carbocycles. The van der Waals surface area contributed by atoms with Gasteiger partial charge in [0.15, 0.2) is 0 Å². The van der Waals surface area contributed by atoms with Crippen molar-refractivity contribution < 1.29 is 14.4 Å². The first kappa shape index (κ1) is 26.1. The van der Waals surface area contributed by atoms with Gasteiger partial charge in [0.25, 0.3) is 0 Å². The Morgan fingerprint density at radius 3 is 2.58 bits per heavy atom. The lowest BCUT2D eigenvalue weighted by molar-refractivity contribution is -0.135. The summed E-state index contributed by atoms with van der Waals surface area (Å²) in [5, 5.41) is 18.1. The van der Waals surface area contributed by atoms with Gasteiger partial charge in [0.1, 0.15) is 11.7 Å². The Kier molecular flexibility index (Phi) is 7.95. The van der Waals surface area contributed by atoms with Crippen LogP contribution in [0.25, 0.3) is 10.4 Å². The molecule has 7 nitrogen and oxygen atoms in total. The Labute approximate surface area is 217 Å². The number of aromatic nitrogens is 2. The number of hydrogen-bond donors (Lipinski definition) is 2. The molecule has 0 radical (unpaired) electrons. The molecule has 1 aliphatic rings. The number of benzene rings is 1. The first-order valence-electron chi connectivity index (χ1n) is 12.6. The number of aliphatic hydroxyl groups excluding tert-OH is 1. The van der Waals surface area contributed by atoms with Crippen molar-refractivity contribution >= 4 is 17.2 Å². The molecule has 0 bridgehead atoms. The van der Waals surface area contributed by atoms with Crippen LogP contribution in [0.5, 0.6) is 0 Å². The van der Waals surface area contributed by atoms with E-state index in [0.29, 0.717) is 12.2 Å². The number of hydrogen-bond acceptors (Lipinski definition) is 7.